The van der Waals surface area contributed by atoms with Crippen molar-refractivity contribution in [2.24, 2.45) is 0 Å². The van der Waals surface area contributed by atoms with Gasteiger partial charge in [-0.3, -0.25) is 24.1 Å². The minimum atomic E-state index is -0.555. The summed E-state index contributed by atoms with van der Waals surface area (Å²) in [6.07, 6.45) is 1.55. The van der Waals surface area contributed by atoms with Crippen LogP contribution in [0.4, 0.5) is 16.2 Å². The zero-order valence-electron chi connectivity index (χ0n) is 22.4. The predicted octanol–water partition coefficient (Wildman–Crippen LogP) is 5.39. The lowest BCUT2D eigenvalue weighted by molar-refractivity contribution is -0.127. The number of nitrogens with zero attached hydrogens (tertiary/aromatic N) is 1. The van der Waals surface area contributed by atoms with Crippen LogP contribution in [0.3, 0.4) is 0 Å². The van der Waals surface area contributed by atoms with Crippen molar-refractivity contribution in [3.63, 3.8) is 0 Å². The number of thioether (sulfide) groups is 1. The van der Waals surface area contributed by atoms with Gasteiger partial charge in [-0.1, -0.05) is 41.5 Å². The number of ether oxygens (including phenoxy) is 2. The van der Waals surface area contributed by atoms with Crippen molar-refractivity contribution >= 4 is 52.2 Å². The van der Waals surface area contributed by atoms with Crippen molar-refractivity contribution in [2.75, 3.05) is 30.4 Å². The Labute approximate surface area is 236 Å². The third-order valence-electron chi connectivity index (χ3n) is 5.77. The molecule has 0 spiro atoms. The lowest BCUT2D eigenvalue weighted by Crippen LogP contribution is -2.36. The molecular weight excluding hydrogens is 530 g/mol. The molecule has 40 heavy (non-hydrogen) atoms. The van der Waals surface area contributed by atoms with Crippen LogP contribution in [0.1, 0.15) is 23.6 Å². The van der Waals surface area contributed by atoms with Crippen LogP contribution >= 0.6 is 11.8 Å². The lowest BCUT2D eigenvalue weighted by atomic mass is 10.2. The van der Waals surface area contributed by atoms with Gasteiger partial charge in [0, 0.05) is 11.4 Å². The van der Waals surface area contributed by atoms with Crippen molar-refractivity contribution in [3.05, 3.63) is 88.3 Å². The highest BCUT2D eigenvalue weighted by atomic mass is 32.2. The minimum Gasteiger partial charge on any atom is -0.490 e. The fourth-order valence-corrected chi connectivity index (χ4v) is 4.59. The first kappa shape index (κ1) is 28.4. The van der Waals surface area contributed by atoms with Gasteiger partial charge in [0.2, 0.25) is 5.91 Å². The Balaban J connectivity index is 1.39. The summed E-state index contributed by atoms with van der Waals surface area (Å²) in [4.78, 5) is 51.3. The van der Waals surface area contributed by atoms with Crippen molar-refractivity contribution in [2.45, 2.75) is 20.8 Å². The Morgan fingerprint density at radius 2 is 1.43 bits per heavy atom. The molecule has 0 aromatic heterocycles. The number of carbonyl (C=O) groups is 4. The monoisotopic (exact) mass is 559 g/mol. The van der Waals surface area contributed by atoms with Gasteiger partial charge in [0.25, 0.3) is 17.1 Å². The average Bonchev–Trinajstić information content (AvgIpc) is 3.18. The molecule has 206 valence electrons. The number of amides is 4. The van der Waals surface area contributed by atoms with Gasteiger partial charge in [-0.15, -0.1) is 0 Å². The standard InChI is InChI=1S/C30H29N3O6S/c1-4-38-25-15-21(9-14-24(25)39-18-28(35)32-23-12-7-20(3)8-13-23)16-26-29(36)33(30(37)40-26)17-27(34)31-22-10-5-19(2)6-11-22/h5-16H,4,17-18H2,1-3H3,(H,31,34)(H,32,35)/b26-16-. The zero-order valence-corrected chi connectivity index (χ0v) is 23.2. The number of anilines is 2. The third kappa shape index (κ3) is 7.51. The molecule has 1 saturated heterocycles. The van der Waals surface area contributed by atoms with Gasteiger partial charge < -0.3 is 20.1 Å². The van der Waals surface area contributed by atoms with E-state index in [1.54, 1.807) is 36.4 Å². The molecule has 1 aliphatic heterocycles. The molecule has 0 unspecified atom stereocenters. The Morgan fingerprint density at radius 3 is 2.02 bits per heavy atom. The summed E-state index contributed by atoms with van der Waals surface area (Å²) in [7, 11) is 0. The van der Waals surface area contributed by atoms with E-state index < -0.39 is 23.6 Å². The van der Waals surface area contributed by atoms with E-state index in [4.69, 9.17) is 9.47 Å². The van der Waals surface area contributed by atoms with E-state index in [-0.39, 0.29) is 17.4 Å². The largest absolute Gasteiger partial charge is 0.490 e. The van der Waals surface area contributed by atoms with Crippen LogP contribution in [0.15, 0.2) is 71.6 Å². The molecular formula is C30H29N3O6S. The van der Waals surface area contributed by atoms with Crippen molar-refractivity contribution in [1.82, 2.24) is 4.90 Å². The summed E-state index contributed by atoms with van der Waals surface area (Å²) in [6.45, 7) is 5.44. The minimum absolute atomic E-state index is 0.182. The number of aryl methyl sites for hydroxylation is 2. The van der Waals surface area contributed by atoms with E-state index in [2.05, 4.69) is 10.6 Å². The number of rotatable bonds is 10. The molecule has 4 amide bonds. The van der Waals surface area contributed by atoms with Crippen LogP contribution in [0.25, 0.3) is 6.08 Å². The molecule has 0 radical (unpaired) electrons. The van der Waals surface area contributed by atoms with E-state index in [1.165, 1.54) is 0 Å². The van der Waals surface area contributed by atoms with E-state index in [0.29, 0.717) is 35.0 Å². The molecule has 3 aromatic rings. The van der Waals surface area contributed by atoms with Crippen molar-refractivity contribution < 1.29 is 28.7 Å². The highest BCUT2D eigenvalue weighted by Gasteiger charge is 2.36. The Bertz CT molecular complexity index is 1450. The number of imide groups is 1. The number of carbonyl (C=O) groups excluding carboxylic acids is 4. The van der Waals surface area contributed by atoms with E-state index in [9.17, 15) is 19.2 Å². The van der Waals surface area contributed by atoms with E-state index in [0.717, 1.165) is 27.8 Å². The summed E-state index contributed by atoms with van der Waals surface area (Å²) >= 11 is 0.760. The number of hydrogen-bond donors (Lipinski definition) is 2. The molecule has 0 saturated carbocycles. The van der Waals surface area contributed by atoms with Gasteiger partial charge in [0.15, 0.2) is 18.1 Å². The maximum atomic E-state index is 12.9. The molecule has 0 aliphatic carbocycles. The van der Waals surface area contributed by atoms with Crippen molar-refractivity contribution in [3.8, 4) is 11.5 Å². The van der Waals surface area contributed by atoms with Crippen molar-refractivity contribution in [1.29, 1.82) is 0 Å². The summed E-state index contributed by atoms with van der Waals surface area (Å²) in [5, 5.41) is 4.94. The first-order chi connectivity index (χ1) is 19.2. The second kappa shape index (κ2) is 13.0. The van der Waals surface area contributed by atoms with Crippen LogP contribution < -0.4 is 20.1 Å². The normalized spacial score (nSPS) is 13.9. The summed E-state index contributed by atoms with van der Waals surface area (Å²) in [6, 6.07) is 19.6. The van der Waals surface area contributed by atoms with Gasteiger partial charge in [0.1, 0.15) is 6.54 Å². The third-order valence-corrected chi connectivity index (χ3v) is 6.68. The molecule has 9 nitrogen and oxygen atoms in total. The van der Waals surface area contributed by atoms with E-state index in [1.807, 2.05) is 57.2 Å². The fourth-order valence-electron chi connectivity index (χ4n) is 3.75. The first-order valence-electron chi connectivity index (χ1n) is 12.6. The predicted molar refractivity (Wildman–Crippen MR) is 155 cm³/mol. The maximum absolute atomic E-state index is 12.9. The van der Waals surface area contributed by atoms with Gasteiger partial charge in [0.05, 0.1) is 11.5 Å². The molecule has 0 atom stereocenters. The number of nitrogens with one attached hydrogen (secondary N) is 2. The highest BCUT2D eigenvalue weighted by molar-refractivity contribution is 8.18. The van der Waals surface area contributed by atoms with Crippen LogP contribution in [-0.2, 0) is 14.4 Å². The molecule has 4 rings (SSSR count). The van der Waals surface area contributed by atoms with Gasteiger partial charge in [-0.25, -0.2) is 0 Å². The van der Waals surface area contributed by atoms with Crippen LogP contribution in [0.5, 0.6) is 11.5 Å². The van der Waals surface area contributed by atoms with Crippen LogP contribution in [0, 0.1) is 13.8 Å². The molecule has 1 heterocycles. The molecule has 2 N–H and O–H groups in total. The van der Waals surface area contributed by atoms with Gasteiger partial charge >= 0.3 is 0 Å². The van der Waals surface area contributed by atoms with Crippen LogP contribution in [-0.4, -0.2) is 47.6 Å². The summed E-state index contributed by atoms with van der Waals surface area (Å²) in [5.41, 5.74) is 3.97. The zero-order chi connectivity index (χ0) is 28.6. The Hall–Kier alpha value is -4.57. The highest BCUT2D eigenvalue weighted by Crippen LogP contribution is 2.34. The average molecular weight is 560 g/mol. The van der Waals surface area contributed by atoms with E-state index >= 15 is 0 Å². The van der Waals surface area contributed by atoms with Crippen LogP contribution in [0.2, 0.25) is 0 Å². The second-order valence-corrected chi connectivity index (χ2v) is 10.0. The SMILES string of the molecule is CCOc1cc(/C=C2\SC(=O)N(CC(=O)Nc3ccc(C)cc3)C2=O)ccc1OCC(=O)Nc1ccc(C)cc1. The molecule has 1 aliphatic rings. The number of hydrogen-bond acceptors (Lipinski definition) is 7. The molecule has 0 bridgehead atoms. The Kier molecular flexibility index (Phi) is 9.23. The lowest BCUT2D eigenvalue weighted by Gasteiger charge is -2.13. The topological polar surface area (TPSA) is 114 Å². The second-order valence-electron chi connectivity index (χ2n) is 9.02. The summed E-state index contributed by atoms with van der Waals surface area (Å²) in [5.74, 6) is -0.607. The molecule has 10 heteroatoms. The Morgan fingerprint density at radius 1 is 0.825 bits per heavy atom. The van der Waals surface area contributed by atoms with Gasteiger partial charge in [-0.05, 0) is 80.6 Å². The summed E-state index contributed by atoms with van der Waals surface area (Å²) < 4.78 is 11.4. The van der Waals surface area contributed by atoms with Gasteiger partial charge in [-0.2, -0.15) is 0 Å². The first-order valence-corrected chi connectivity index (χ1v) is 13.4. The molecule has 3 aromatic carbocycles. The smallest absolute Gasteiger partial charge is 0.294 e. The fraction of sp³-hybridized carbons (Fsp3) is 0.200. The quantitative estimate of drug-likeness (QED) is 0.320. The maximum Gasteiger partial charge on any atom is 0.294 e. The number of benzene rings is 3. The molecule has 1 fully saturated rings.